The van der Waals surface area contributed by atoms with Crippen molar-refractivity contribution in [3.8, 4) is 0 Å². The summed E-state index contributed by atoms with van der Waals surface area (Å²) in [5, 5.41) is 3.43. The van der Waals surface area contributed by atoms with Crippen molar-refractivity contribution in [2.45, 2.75) is 59.2 Å². The van der Waals surface area contributed by atoms with E-state index in [4.69, 9.17) is 4.74 Å². The molecule has 0 saturated carbocycles. The summed E-state index contributed by atoms with van der Waals surface area (Å²) in [7, 11) is 0. The van der Waals surface area contributed by atoms with Gasteiger partial charge in [-0.2, -0.15) is 0 Å². The first-order valence-electron chi connectivity index (χ1n) is 8.18. The van der Waals surface area contributed by atoms with E-state index in [0.29, 0.717) is 6.54 Å². The average Bonchev–Trinajstić information content (AvgIpc) is 2.45. The first kappa shape index (κ1) is 16.8. The number of carbonyl (C=O) groups is 1. The normalized spacial score (nSPS) is 14.6. The smallest absolute Gasteiger partial charge is 0.410 e. The molecule has 0 aliphatic carbocycles. The molecule has 1 aromatic rings. The summed E-state index contributed by atoms with van der Waals surface area (Å²) >= 11 is 0. The van der Waals surface area contributed by atoms with Gasteiger partial charge in [0.15, 0.2) is 0 Å². The largest absolute Gasteiger partial charge is 0.444 e. The van der Waals surface area contributed by atoms with Crippen LogP contribution in [0.1, 0.15) is 50.8 Å². The molecule has 1 aliphatic rings. The van der Waals surface area contributed by atoms with Gasteiger partial charge in [0.05, 0.1) is 0 Å². The van der Waals surface area contributed by atoms with Gasteiger partial charge in [0.25, 0.3) is 0 Å². The number of carbonyl (C=O) groups excluding carboxylic acids is 1. The molecule has 0 unspecified atom stereocenters. The summed E-state index contributed by atoms with van der Waals surface area (Å²) < 4.78 is 5.46. The Kier molecular flexibility index (Phi) is 5.46. The molecular weight excluding hydrogens is 276 g/mol. The monoisotopic (exact) mass is 304 g/mol. The lowest BCUT2D eigenvalue weighted by Crippen LogP contribution is -2.39. The zero-order valence-corrected chi connectivity index (χ0v) is 14.2. The minimum absolute atomic E-state index is 0.216. The van der Waals surface area contributed by atoms with Crippen LogP contribution >= 0.6 is 0 Å². The van der Waals surface area contributed by atoms with Crippen molar-refractivity contribution in [1.29, 1.82) is 0 Å². The minimum atomic E-state index is -0.438. The quantitative estimate of drug-likeness (QED) is 0.866. The molecule has 0 atom stereocenters. The zero-order valence-electron chi connectivity index (χ0n) is 14.2. The molecular formula is C18H28N2O2. The van der Waals surface area contributed by atoms with Crippen LogP contribution in [0.2, 0.25) is 0 Å². The molecule has 0 radical (unpaired) electrons. The van der Waals surface area contributed by atoms with Crippen LogP contribution in [0.15, 0.2) is 18.2 Å². The van der Waals surface area contributed by atoms with Crippen LogP contribution in [0.3, 0.4) is 0 Å². The summed E-state index contributed by atoms with van der Waals surface area (Å²) in [6.45, 7) is 11.2. The predicted octanol–water partition coefficient (Wildman–Crippen LogP) is 3.48. The Labute approximate surface area is 133 Å². The topological polar surface area (TPSA) is 41.6 Å². The van der Waals surface area contributed by atoms with Gasteiger partial charge in [-0.25, -0.2) is 4.79 Å². The molecule has 1 N–H and O–H groups in total. The number of hydrogen-bond acceptors (Lipinski definition) is 3. The van der Waals surface area contributed by atoms with Crippen molar-refractivity contribution in [2.75, 3.05) is 13.1 Å². The number of fused-ring (bicyclic) bond motifs is 1. The van der Waals surface area contributed by atoms with Crippen LogP contribution < -0.4 is 5.32 Å². The molecule has 22 heavy (non-hydrogen) atoms. The second-order valence-corrected chi connectivity index (χ2v) is 6.93. The highest BCUT2D eigenvalue weighted by Crippen LogP contribution is 2.22. The molecule has 4 nitrogen and oxygen atoms in total. The van der Waals surface area contributed by atoms with Crippen molar-refractivity contribution in [3.63, 3.8) is 0 Å². The number of ether oxygens (including phenoxy) is 1. The van der Waals surface area contributed by atoms with E-state index in [9.17, 15) is 4.79 Å². The SMILES string of the molecule is CCCNCc1ccc2c(c1)CCN(C(=O)OC(C)(C)C)C2. The van der Waals surface area contributed by atoms with Gasteiger partial charge in [0.2, 0.25) is 0 Å². The number of rotatable bonds is 4. The molecule has 122 valence electrons. The first-order valence-corrected chi connectivity index (χ1v) is 8.18. The molecule has 1 heterocycles. The molecule has 0 saturated heterocycles. The van der Waals surface area contributed by atoms with Gasteiger partial charge in [0.1, 0.15) is 5.60 Å². The standard InChI is InChI=1S/C18H28N2O2/c1-5-9-19-12-14-6-7-16-13-20(10-8-15(16)11-14)17(21)22-18(2,3)4/h6-7,11,19H,5,8-10,12-13H2,1-4H3. The highest BCUT2D eigenvalue weighted by Gasteiger charge is 2.25. The zero-order chi connectivity index (χ0) is 16.2. The summed E-state index contributed by atoms with van der Waals surface area (Å²) in [6.07, 6.45) is 1.83. The Morgan fingerprint density at radius 3 is 2.77 bits per heavy atom. The maximum atomic E-state index is 12.2. The minimum Gasteiger partial charge on any atom is -0.444 e. The first-order chi connectivity index (χ1) is 10.4. The molecule has 0 aromatic heterocycles. The third kappa shape index (κ3) is 4.73. The van der Waals surface area contributed by atoms with Gasteiger partial charge in [0, 0.05) is 19.6 Å². The van der Waals surface area contributed by atoms with Gasteiger partial charge in [-0.15, -0.1) is 0 Å². The van der Waals surface area contributed by atoms with Crippen molar-refractivity contribution in [2.24, 2.45) is 0 Å². The van der Waals surface area contributed by atoms with Crippen LogP contribution in [0.5, 0.6) is 0 Å². The molecule has 0 fully saturated rings. The van der Waals surface area contributed by atoms with Crippen molar-refractivity contribution in [3.05, 3.63) is 34.9 Å². The van der Waals surface area contributed by atoms with Gasteiger partial charge in [-0.05, 0) is 56.8 Å². The highest BCUT2D eigenvalue weighted by atomic mass is 16.6. The van der Waals surface area contributed by atoms with Crippen LogP contribution in [0.4, 0.5) is 4.79 Å². The van der Waals surface area contributed by atoms with E-state index < -0.39 is 5.60 Å². The number of nitrogens with zero attached hydrogens (tertiary/aromatic N) is 1. The number of hydrogen-bond donors (Lipinski definition) is 1. The lowest BCUT2D eigenvalue weighted by Gasteiger charge is -2.31. The average molecular weight is 304 g/mol. The Bertz CT molecular complexity index is 520. The fraction of sp³-hybridized carbons (Fsp3) is 0.611. The fourth-order valence-corrected chi connectivity index (χ4v) is 2.61. The number of benzene rings is 1. The Morgan fingerprint density at radius 1 is 1.32 bits per heavy atom. The number of amides is 1. The van der Waals surface area contributed by atoms with Gasteiger partial charge in [-0.3, -0.25) is 0 Å². The lowest BCUT2D eigenvalue weighted by molar-refractivity contribution is 0.0224. The lowest BCUT2D eigenvalue weighted by atomic mass is 9.97. The predicted molar refractivity (Wildman–Crippen MR) is 88.8 cm³/mol. The van der Waals surface area contributed by atoms with E-state index in [1.165, 1.54) is 16.7 Å². The van der Waals surface area contributed by atoms with Crippen molar-refractivity contribution in [1.82, 2.24) is 10.2 Å². The van der Waals surface area contributed by atoms with E-state index >= 15 is 0 Å². The van der Waals surface area contributed by atoms with E-state index in [0.717, 1.165) is 32.5 Å². The molecule has 4 heteroatoms. The maximum absolute atomic E-state index is 12.2. The van der Waals surface area contributed by atoms with Crippen molar-refractivity contribution < 1.29 is 9.53 Å². The van der Waals surface area contributed by atoms with E-state index in [1.807, 2.05) is 20.8 Å². The summed E-state index contributed by atoms with van der Waals surface area (Å²) in [4.78, 5) is 14.0. The van der Waals surface area contributed by atoms with Crippen LogP contribution in [-0.4, -0.2) is 29.7 Å². The van der Waals surface area contributed by atoms with E-state index in [1.54, 1.807) is 4.90 Å². The fourth-order valence-electron chi connectivity index (χ4n) is 2.61. The van der Waals surface area contributed by atoms with Gasteiger partial charge in [-0.1, -0.05) is 25.1 Å². The molecule has 2 rings (SSSR count). The van der Waals surface area contributed by atoms with E-state index in [2.05, 4.69) is 30.4 Å². The second-order valence-electron chi connectivity index (χ2n) is 6.93. The molecule has 1 aliphatic heterocycles. The molecule has 0 bridgehead atoms. The Morgan fingerprint density at radius 2 is 2.09 bits per heavy atom. The highest BCUT2D eigenvalue weighted by molar-refractivity contribution is 5.68. The summed E-state index contributed by atoms with van der Waals surface area (Å²) in [6, 6.07) is 6.57. The van der Waals surface area contributed by atoms with Crippen molar-refractivity contribution >= 4 is 6.09 Å². The molecule has 1 aromatic carbocycles. The Balaban J connectivity index is 1.98. The van der Waals surface area contributed by atoms with Crippen LogP contribution in [0.25, 0.3) is 0 Å². The third-order valence-electron chi connectivity index (χ3n) is 3.69. The summed E-state index contributed by atoms with van der Waals surface area (Å²) in [5.41, 5.74) is 3.47. The van der Waals surface area contributed by atoms with E-state index in [-0.39, 0.29) is 6.09 Å². The maximum Gasteiger partial charge on any atom is 0.410 e. The van der Waals surface area contributed by atoms with Crippen LogP contribution in [-0.2, 0) is 24.2 Å². The summed E-state index contributed by atoms with van der Waals surface area (Å²) in [5.74, 6) is 0. The van der Waals surface area contributed by atoms with Gasteiger partial charge >= 0.3 is 6.09 Å². The molecule has 0 spiro atoms. The Hall–Kier alpha value is -1.55. The van der Waals surface area contributed by atoms with Crippen LogP contribution in [0, 0.1) is 0 Å². The number of nitrogens with one attached hydrogen (secondary N) is 1. The third-order valence-corrected chi connectivity index (χ3v) is 3.69. The molecule has 1 amide bonds. The second kappa shape index (κ2) is 7.14. The van der Waals surface area contributed by atoms with Gasteiger partial charge < -0.3 is 15.0 Å².